The molecule has 1 fully saturated rings. The zero-order valence-electron chi connectivity index (χ0n) is 7.33. The lowest BCUT2D eigenvalue weighted by Crippen LogP contribution is -2.05. The van der Waals surface area contributed by atoms with Crippen molar-refractivity contribution >= 4 is 5.69 Å². The summed E-state index contributed by atoms with van der Waals surface area (Å²) in [6.07, 6.45) is 4.27. The molecule has 1 saturated carbocycles. The van der Waals surface area contributed by atoms with Crippen LogP contribution >= 0.6 is 0 Å². The van der Waals surface area contributed by atoms with E-state index in [1.54, 1.807) is 6.20 Å². The molecule has 1 aliphatic rings. The van der Waals surface area contributed by atoms with E-state index in [1.807, 2.05) is 12.1 Å². The number of nitrogens with zero attached hydrogens (tertiary/aromatic N) is 2. The highest BCUT2D eigenvalue weighted by Gasteiger charge is 2.20. The molecule has 0 bridgehead atoms. The molecule has 2 rings (SSSR count). The van der Waals surface area contributed by atoms with Gasteiger partial charge in [0.15, 0.2) is 5.69 Å². The van der Waals surface area contributed by atoms with Gasteiger partial charge in [0.1, 0.15) is 6.07 Å². The Kier molecular flexibility index (Phi) is 2.13. The highest BCUT2D eigenvalue weighted by molar-refractivity contribution is 5.53. The molecule has 0 aromatic carbocycles. The molecule has 1 N–H and O–H groups in total. The maximum Gasteiger partial charge on any atom is 0.163 e. The molecule has 1 aliphatic carbocycles. The van der Waals surface area contributed by atoms with E-state index in [2.05, 4.69) is 16.4 Å². The SMILES string of the molecule is N#Cc1ncccc1NCC1CC1. The van der Waals surface area contributed by atoms with Crippen molar-refractivity contribution in [3.63, 3.8) is 0 Å². The first-order chi connectivity index (χ1) is 6.40. The van der Waals surface area contributed by atoms with Crippen LogP contribution in [-0.2, 0) is 0 Å². The first kappa shape index (κ1) is 8.06. The van der Waals surface area contributed by atoms with Gasteiger partial charge in [-0.3, -0.25) is 0 Å². The molecule has 0 spiro atoms. The Hall–Kier alpha value is -1.56. The summed E-state index contributed by atoms with van der Waals surface area (Å²) < 4.78 is 0. The van der Waals surface area contributed by atoms with Gasteiger partial charge in [-0.05, 0) is 30.9 Å². The molecule has 0 amide bonds. The Morgan fingerprint density at radius 1 is 1.62 bits per heavy atom. The van der Waals surface area contributed by atoms with E-state index in [4.69, 9.17) is 5.26 Å². The zero-order chi connectivity index (χ0) is 9.10. The fraction of sp³-hybridized carbons (Fsp3) is 0.400. The predicted octanol–water partition coefficient (Wildman–Crippen LogP) is 1.78. The molecular weight excluding hydrogens is 162 g/mol. The van der Waals surface area contributed by atoms with Crippen molar-refractivity contribution in [1.82, 2.24) is 4.98 Å². The largest absolute Gasteiger partial charge is 0.382 e. The third kappa shape index (κ3) is 1.97. The molecule has 1 heterocycles. The third-order valence-electron chi connectivity index (χ3n) is 2.19. The van der Waals surface area contributed by atoms with Crippen molar-refractivity contribution in [2.75, 3.05) is 11.9 Å². The second-order valence-corrected chi connectivity index (χ2v) is 3.34. The first-order valence-corrected chi connectivity index (χ1v) is 4.49. The fourth-order valence-electron chi connectivity index (χ4n) is 1.21. The van der Waals surface area contributed by atoms with Crippen molar-refractivity contribution < 1.29 is 0 Å². The average Bonchev–Trinajstić information content (AvgIpc) is 2.99. The van der Waals surface area contributed by atoms with E-state index < -0.39 is 0 Å². The summed E-state index contributed by atoms with van der Waals surface area (Å²) in [7, 11) is 0. The van der Waals surface area contributed by atoms with Gasteiger partial charge in [-0.25, -0.2) is 4.98 Å². The number of hydrogen-bond acceptors (Lipinski definition) is 3. The second kappa shape index (κ2) is 3.44. The van der Waals surface area contributed by atoms with Crippen LogP contribution in [0.5, 0.6) is 0 Å². The molecule has 3 heteroatoms. The van der Waals surface area contributed by atoms with Gasteiger partial charge in [0.2, 0.25) is 0 Å². The van der Waals surface area contributed by atoms with E-state index >= 15 is 0 Å². The van der Waals surface area contributed by atoms with Gasteiger partial charge in [0, 0.05) is 12.7 Å². The number of nitrogens with one attached hydrogen (secondary N) is 1. The summed E-state index contributed by atoms with van der Waals surface area (Å²) in [5, 5.41) is 12.0. The van der Waals surface area contributed by atoms with Crippen molar-refractivity contribution in [1.29, 1.82) is 5.26 Å². The Morgan fingerprint density at radius 3 is 3.15 bits per heavy atom. The lowest BCUT2D eigenvalue weighted by atomic mass is 10.3. The van der Waals surface area contributed by atoms with E-state index in [0.717, 1.165) is 18.2 Å². The monoisotopic (exact) mass is 173 g/mol. The quantitative estimate of drug-likeness (QED) is 0.757. The van der Waals surface area contributed by atoms with Gasteiger partial charge in [-0.1, -0.05) is 0 Å². The maximum atomic E-state index is 8.75. The molecule has 3 nitrogen and oxygen atoms in total. The summed E-state index contributed by atoms with van der Waals surface area (Å²) in [6, 6.07) is 5.81. The maximum absolute atomic E-state index is 8.75. The highest BCUT2D eigenvalue weighted by atomic mass is 14.9. The van der Waals surface area contributed by atoms with E-state index in [-0.39, 0.29) is 0 Å². The van der Waals surface area contributed by atoms with Crippen molar-refractivity contribution in [3.8, 4) is 6.07 Å². The van der Waals surface area contributed by atoms with Crippen LogP contribution in [0.15, 0.2) is 18.3 Å². The summed E-state index contributed by atoms with van der Waals surface area (Å²) in [6.45, 7) is 0.973. The van der Waals surface area contributed by atoms with Crippen molar-refractivity contribution in [2.45, 2.75) is 12.8 Å². The van der Waals surface area contributed by atoms with E-state index in [9.17, 15) is 0 Å². The van der Waals surface area contributed by atoms with Crippen LogP contribution in [0.3, 0.4) is 0 Å². The predicted molar refractivity (Wildman–Crippen MR) is 50.2 cm³/mol. The highest BCUT2D eigenvalue weighted by Crippen LogP contribution is 2.29. The van der Waals surface area contributed by atoms with Crippen LogP contribution in [0.2, 0.25) is 0 Å². The molecule has 66 valence electrons. The lowest BCUT2D eigenvalue weighted by Gasteiger charge is -2.05. The fourth-order valence-corrected chi connectivity index (χ4v) is 1.21. The van der Waals surface area contributed by atoms with Gasteiger partial charge >= 0.3 is 0 Å². The topological polar surface area (TPSA) is 48.7 Å². The molecule has 1 aromatic rings. The van der Waals surface area contributed by atoms with Crippen LogP contribution in [0.25, 0.3) is 0 Å². The number of aromatic nitrogens is 1. The molecule has 0 saturated heterocycles. The van der Waals surface area contributed by atoms with Gasteiger partial charge in [-0.15, -0.1) is 0 Å². The minimum absolute atomic E-state index is 0.489. The van der Waals surface area contributed by atoms with Gasteiger partial charge in [0.25, 0.3) is 0 Å². The Labute approximate surface area is 77.4 Å². The van der Waals surface area contributed by atoms with Crippen LogP contribution in [0.4, 0.5) is 5.69 Å². The first-order valence-electron chi connectivity index (χ1n) is 4.49. The number of rotatable bonds is 3. The zero-order valence-corrected chi connectivity index (χ0v) is 7.33. The van der Waals surface area contributed by atoms with Crippen LogP contribution in [0, 0.1) is 17.2 Å². The second-order valence-electron chi connectivity index (χ2n) is 3.34. The van der Waals surface area contributed by atoms with Crippen molar-refractivity contribution in [3.05, 3.63) is 24.0 Å². The lowest BCUT2D eigenvalue weighted by molar-refractivity contribution is 0.887. The molecular formula is C10H11N3. The molecule has 1 aromatic heterocycles. The minimum Gasteiger partial charge on any atom is -0.382 e. The number of anilines is 1. The molecule has 0 radical (unpaired) electrons. The molecule has 0 aliphatic heterocycles. The summed E-state index contributed by atoms with van der Waals surface area (Å²) >= 11 is 0. The van der Waals surface area contributed by atoms with Gasteiger partial charge < -0.3 is 5.32 Å². The van der Waals surface area contributed by atoms with Crippen molar-refractivity contribution in [2.24, 2.45) is 5.92 Å². The Balaban J connectivity index is 2.05. The molecule has 0 unspecified atom stereocenters. The molecule has 13 heavy (non-hydrogen) atoms. The number of nitriles is 1. The molecule has 0 atom stereocenters. The number of pyridine rings is 1. The smallest absolute Gasteiger partial charge is 0.163 e. The third-order valence-corrected chi connectivity index (χ3v) is 2.19. The van der Waals surface area contributed by atoms with Gasteiger partial charge in [0.05, 0.1) is 5.69 Å². The van der Waals surface area contributed by atoms with Crippen LogP contribution in [0.1, 0.15) is 18.5 Å². The summed E-state index contributed by atoms with van der Waals surface area (Å²) in [5.74, 6) is 0.812. The number of hydrogen-bond donors (Lipinski definition) is 1. The summed E-state index contributed by atoms with van der Waals surface area (Å²) in [4.78, 5) is 3.97. The van der Waals surface area contributed by atoms with E-state index in [0.29, 0.717) is 5.69 Å². The standard InChI is InChI=1S/C10H11N3/c11-6-10-9(2-1-5-12-10)13-7-8-3-4-8/h1-2,5,8,13H,3-4,7H2. The Bertz CT molecular complexity index is 336. The average molecular weight is 173 g/mol. The normalized spacial score (nSPS) is 15.0. The van der Waals surface area contributed by atoms with Crippen LogP contribution in [-0.4, -0.2) is 11.5 Å². The summed E-state index contributed by atoms with van der Waals surface area (Å²) in [5.41, 5.74) is 1.35. The van der Waals surface area contributed by atoms with E-state index in [1.165, 1.54) is 12.8 Å². The Morgan fingerprint density at radius 2 is 2.46 bits per heavy atom. The van der Waals surface area contributed by atoms with Crippen LogP contribution < -0.4 is 5.32 Å². The van der Waals surface area contributed by atoms with Gasteiger partial charge in [-0.2, -0.15) is 5.26 Å². The minimum atomic E-state index is 0.489.